The van der Waals surface area contributed by atoms with Gasteiger partial charge in [0.2, 0.25) is 5.95 Å². The fourth-order valence-corrected chi connectivity index (χ4v) is 2.03. The Morgan fingerprint density at radius 3 is 2.47 bits per heavy atom. The van der Waals surface area contributed by atoms with E-state index in [4.69, 9.17) is 9.47 Å². The molecule has 102 valence electrons. The monoisotopic (exact) mass is 262 g/mol. The molecule has 0 radical (unpaired) electrons. The highest BCUT2D eigenvalue weighted by molar-refractivity contribution is 5.59. The second kappa shape index (κ2) is 5.71. The number of hydrogen-bond donors (Lipinski definition) is 2. The predicted octanol–water partition coefficient (Wildman–Crippen LogP) is 2.32. The number of aromatic nitrogens is 3. The molecule has 1 aromatic carbocycles. The van der Waals surface area contributed by atoms with E-state index in [-0.39, 0.29) is 0 Å². The minimum Gasteiger partial charge on any atom is -0.496 e. The molecule has 0 saturated heterocycles. The van der Waals surface area contributed by atoms with Crippen molar-refractivity contribution < 1.29 is 9.47 Å². The van der Waals surface area contributed by atoms with E-state index in [9.17, 15) is 0 Å². The summed E-state index contributed by atoms with van der Waals surface area (Å²) in [5, 5.41) is 10.0. The summed E-state index contributed by atoms with van der Waals surface area (Å²) >= 11 is 0. The number of ether oxygens (including phenoxy) is 2. The second-order valence-corrected chi connectivity index (χ2v) is 4.31. The van der Waals surface area contributed by atoms with E-state index in [0.717, 1.165) is 22.6 Å². The highest BCUT2D eigenvalue weighted by atomic mass is 16.5. The molecule has 0 amide bonds. The first-order valence-corrected chi connectivity index (χ1v) is 5.96. The molecule has 2 N–H and O–H groups in total. The topological polar surface area (TPSA) is 72.1 Å². The van der Waals surface area contributed by atoms with E-state index in [0.29, 0.717) is 18.4 Å². The van der Waals surface area contributed by atoms with Gasteiger partial charge in [0.05, 0.1) is 7.11 Å². The zero-order valence-electron chi connectivity index (χ0n) is 11.6. The lowest BCUT2D eigenvalue weighted by Crippen LogP contribution is -1.97. The molecule has 2 rings (SSSR count). The van der Waals surface area contributed by atoms with Crippen molar-refractivity contribution in [3.05, 3.63) is 29.1 Å². The number of anilines is 2. The Hall–Kier alpha value is -2.08. The third-order valence-corrected chi connectivity index (χ3v) is 2.73. The van der Waals surface area contributed by atoms with Crippen LogP contribution in [0.5, 0.6) is 5.75 Å². The molecule has 2 aromatic rings. The van der Waals surface area contributed by atoms with Gasteiger partial charge in [-0.25, -0.2) is 0 Å². The van der Waals surface area contributed by atoms with Gasteiger partial charge in [0.15, 0.2) is 5.82 Å². The van der Waals surface area contributed by atoms with Crippen molar-refractivity contribution >= 4 is 11.6 Å². The normalized spacial score (nSPS) is 10.5. The molecule has 0 bridgehead atoms. The molecule has 0 unspecified atom stereocenters. The van der Waals surface area contributed by atoms with Crippen LogP contribution < -0.4 is 10.1 Å². The number of aromatic amines is 1. The van der Waals surface area contributed by atoms with Gasteiger partial charge < -0.3 is 14.8 Å². The summed E-state index contributed by atoms with van der Waals surface area (Å²) in [5.74, 6) is 2.11. The first-order valence-electron chi connectivity index (χ1n) is 5.96. The van der Waals surface area contributed by atoms with Crippen molar-refractivity contribution in [3.8, 4) is 5.75 Å². The van der Waals surface area contributed by atoms with Crippen molar-refractivity contribution in [2.45, 2.75) is 20.5 Å². The van der Waals surface area contributed by atoms with Gasteiger partial charge in [-0.05, 0) is 37.1 Å². The molecular formula is C13H18N4O2. The van der Waals surface area contributed by atoms with Gasteiger partial charge >= 0.3 is 0 Å². The summed E-state index contributed by atoms with van der Waals surface area (Å²) in [6.45, 7) is 4.42. The lowest BCUT2D eigenvalue weighted by atomic mass is 10.1. The smallest absolute Gasteiger partial charge is 0.246 e. The molecule has 0 aliphatic carbocycles. The molecule has 6 nitrogen and oxygen atoms in total. The van der Waals surface area contributed by atoms with Crippen molar-refractivity contribution in [2.75, 3.05) is 19.5 Å². The minimum absolute atomic E-state index is 0.412. The van der Waals surface area contributed by atoms with Crippen molar-refractivity contribution in [2.24, 2.45) is 0 Å². The molecular weight excluding hydrogens is 244 g/mol. The van der Waals surface area contributed by atoms with Crippen LogP contribution in [-0.2, 0) is 11.3 Å². The summed E-state index contributed by atoms with van der Waals surface area (Å²) in [7, 11) is 3.29. The maximum Gasteiger partial charge on any atom is 0.246 e. The summed E-state index contributed by atoms with van der Waals surface area (Å²) in [6, 6.07) is 4.00. The van der Waals surface area contributed by atoms with Gasteiger partial charge in [-0.2, -0.15) is 4.98 Å². The highest BCUT2D eigenvalue weighted by Gasteiger charge is 2.07. The number of H-pyrrole nitrogens is 1. The Morgan fingerprint density at radius 1 is 1.21 bits per heavy atom. The first-order chi connectivity index (χ1) is 9.13. The average Bonchev–Trinajstić information content (AvgIpc) is 2.77. The maximum absolute atomic E-state index is 5.34. The van der Waals surface area contributed by atoms with E-state index in [1.165, 1.54) is 0 Å². The largest absolute Gasteiger partial charge is 0.496 e. The molecule has 6 heteroatoms. The summed E-state index contributed by atoms with van der Waals surface area (Å²) in [6.07, 6.45) is 0. The molecule has 0 saturated carbocycles. The Labute approximate surface area is 112 Å². The third kappa shape index (κ3) is 3.03. The minimum atomic E-state index is 0.412. The summed E-state index contributed by atoms with van der Waals surface area (Å²) in [5.41, 5.74) is 3.06. The Morgan fingerprint density at radius 2 is 1.89 bits per heavy atom. The molecule has 0 fully saturated rings. The Balaban J connectivity index is 2.18. The molecule has 0 aliphatic heterocycles. The van der Waals surface area contributed by atoms with Crippen LogP contribution in [0.2, 0.25) is 0 Å². The zero-order chi connectivity index (χ0) is 13.8. The van der Waals surface area contributed by atoms with E-state index in [1.54, 1.807) is 14.2 Å². The first kappa shape index (κ1) is 13.4. The Bertz CT molecular complexity index is 543. The molecule has 0 aliphatic rings. The molecule has 1 aromatic heterocycles. The average molecular weight is 262 g/mol. The number of benzene rings is 1. The quantitative estimate of drug-likeness (QED) is 0.865. The van der Waals surface area contributed by atoms with E-state index < -0.39 is 0 Å². The van der Waals surface area contributed by atoms with Gasteiger partial charge in [0.1, 0.15) is 12.4 Å². The van der Waals surface area contributed by atoms with Crippen LogP contribution in [0.15, 0.2) is 12.1 Å². The van der Waals surface area contributed by atoms with Crippen LogP contribution in [0.4, 0.5) is 11.6 Å². The summed E-state index contributed by atoms with van der Waals surface area (Å²) < 4.78 is 10.3. The van der Waals surface area contributed by atoms with Crippen LogP contribution in [-0.4, -0.2) is 29.4 Å². The fraction of sp³-hybridized carbons (Fsp3) is 0.385. The summed E-state index contributed by atoms with van der Waals surface area (Å²) in [4.78, 5) is 4.26. The SMILES string of the molecule is COCc1nc(Nc2cc(C)c(OC)c(C)c2)n[nH]1. The van der Waals surface area contributed by atoms with Crippen LogP contribution in [0.25, 0.3) is 0 Å². The van der Waals surface area contributed by atoms with E-state index in [1.807, 2.05) is 26.0 Å². The fourth-order valence-electron chi connectivity index (χ4n) is 2.03. The van der Waals surface area contributed by atoms with Crippen molar-refractivity contribution in [1.82, 2.24) is 15.2 Å². The molecule has 0 spiro atoms. The second-order valence-electron chi connectivity index (χ2n) is 4.31. The van der Waals surface area contributed by atoms with E-state index in [2.05, 4.69) is 20.5 Å². The number of hydrogen-bond acceptors (Lipinski definition) is 5. The lowest BCUT2D eigenvalue weighted by Gasteiger charge is -2.11. The zero-order valence-corrected chi connectivity index (χ0v) is 11.6. The van der Waals surface area contributed by atoms with Crippen LogP contribution in [0.3, 0.4) is 0 Å². The van der Waals surface area contributed by atoms with Gasteiger partial charge in [0.25, 0.3) is 0 Å². The molecule has 1 heterocycles. The van der Waals surface area contributed by atoms with Crippen molar-refractivity contribution in [3.63, 3.8) is 0 Å². The number of nitrogens with zero attached hydrogens (tertiary/aromatic N) is 2. The van der Waals surface area contributed by atoms with Gasteiger partial charge in [-0.15, -0.1) is 5.10 Å². The Kier molecular flexibility index (Phi) is 4.01. The number of aryl methyl sites for hydroxylation is 2. The third-order valence-electron chi connectivity index (χ3n) is 2.73. The van der Waals surface area contributed by atoms with Crippen LogP contribution >= 0.6 is 0 Å². The van der Waals surface area contributed by atoms with Gasteiger partial charge in [0, 0.05) is 12.8 Å². The number of methoxy groups -OCH3 is 2. The standard InChI is InChI=1S/C13H18N4O2/c1-8-5-10(6-9(2)12(8)19-4)14-13-15-11(7-18-3)16-17-13/h5-6H,7H2,1-4H3,(H2,14,15,16,17). The predicted molar refractivity (Wildman–Crippen MR) is 72.8 cm³/mol. The van der Waals surface area contributed by atoms with Crippen LogP contribution in [0, 0.1) is 13.8 Å². The van der Waals surface area contributed by atoms with Crippen LogP contribution in [0.1, 0.15) is 17.0 Å². The number of rotatable bonds is 5. The van der Waals surface area contributed by atoms with E-state index >= 15 is 0 Å². The highest BCUT2D eigenvalue weighted by Crippen LogP contribution is 2.27. The number of nitrogens with one attached hydrogen (secondary N) is 2. The molecule has 0 atom stereocenters. The maximum atomic E-state index is 5.34. The van der Waals surface area contributed by atoms with Gasteiger partial charge in [-0.3, -0.25) is 5.10 Å². The lowest BCUT2D eigenvalue weighted by molar-refractivity contribution is 0.178. The molecule has 19 heavy (non-hydrogen) atoms. The van der Waals surface area contributed by atoms with Gasteiger partial charge in [-0.1, -0.05) is 0 Å². The van der Waals surface area contributed by atoms with Crippen molar-refractivity contribution in [1.29, 1.82) is 0 Å².